The van der Waals surface area contributed by atoms with E-state index < -0.39 is 0 Å². The molecule has 18 heavy (non-hydrogen) atoms. The second kappa shape index (κ2) is 6.02. The lowest BCUT2D eigenvalue weighted by atomic mass is 10.1. The van der Waals surface area contributed by atoms with E-state index in [4.69, 9.17) is 4.74 Å². The zero-order valence-corrected chi connectivity index (χ0v) is 9.86. The summed E-state index contributed by atoms with van der Waals surface area (Å²) in [6.45, 7) is 0.285. The first kappa shape index (κ1) is 12.4. The highest BCUT2D eigenvalue weighted by Crippen LogP contribution is 2.20. The molecule has 4 nitrogen and oxygen atoms in total. The Morgan fingerprint density at radius 3 is 2.72 bits per heavy atom. The number of pyridine rings is 1. The van der Waals surface area contributed by atoms with E-state index in [1.165, 1.54) is 6.07 Å². The number of phenols is 1. The number of aromatic hydroxyl groups is 1. The summed E-state index contributed by atoms with van der Waals surface area (Å²) in [4.78, 5) is 4.19. The molecule has 1 heterocycles. The van der Waals surface area contributed by atoms with Gasteiger partial charge in [0.25, 0.3) is 0 Å². The quantitative estimate of drug-likeness (QED) is 0.845. The highest BCUT2D eigenvalue weighted by Gasteiger charge is 2.12. The maximum atomic E-state index is 9.34. The number of ether oxygens (including phenoxy) is 1. The Bertz CT molecular complexity index is 487. The van der Waals surface area contributed by atoms with Crippen LogP contribution < -0.4 is 4.74 Å². The Morgan fingerprint density at radius 1 is 1.17 bits per heavy atom. The van der Waals surface area contributed by atoms with Gasteiger partial charge in [0.05, 0.1) is 19.1 Å². The molecular weight excluding hydrogens is 230 g/mol. The Labute approximate surface area is 106 Å². The van der Waals surface area contributed by atoms with E-state index in [0.29, 0.717) is 12.4 Å². The summed E-state index contributed by atoms with van der Waals surface area (Å²) in [6, 6.07) is 12.1. The molecule has 2 aromatic rings. The van der Waals surface area contributed by atoms with Crippen molar-refractivity contribution in [3.05, 3.63) is 54.4 Å². The molecule has 0 aliphatic heterocycles. The lowest BCUT2D eigenvalue weighted by Crippen LogP contribution is -2.15. The van der Waals surface area contributed by atoms with Gasteiger partial charge in [-0.2, -0.15) is 0 Å². The van der Waals surface area contributed by atoms with E-state index >= 15 is 0 Å². The van der Waals surface area contributed by atoms with Gasteiger partial charge in [0.2, 0.25) is 0 Å². The molecule has 0 fully saturated rings. The Morgan fingerprint density at radius 2 is 2.06 bits per heavy atom. The number of rotatable bonds is 5. The number of aliphatic hydroxyl groups is 1. The van der Waals surface area contributed by atoms with Crippen LogP contribution in [0, 0.1) is 0 Å². The van der Waals surface area contributed by atoms with Crippen LogP contribution in [0.2, 0.25) is 0 Å². The van der Waals surface area contributed by atoms with Crippen LogP contribution in [0.4, 0.5) is 0 Å². The number of hydrogen-bond acceptors (Lipinski definition) is 4. The van der Waals surface area contributed by atoms with Gasteiger partial charge in [-0.25, -0.2) is 0 Å². The number of benzene rings is 1. The average Bonchev–Trinajstić information content (AvgIpc) is 2.41. The summed E-state index contributed by atoms with van der Waals surface area (Å²) in [7, 11) is 0. The largest absolute Gasteiger partial charge is 0.508 e. The lowest BCUT2D eigenvalue weighted by molar-refractivity contribution is 0.202. The van der Waals surface area contributed by atoms with E-state index in [9.17, 15) is 10.2 Å². The molecule has 4 heteroatoms. The van der Waals surface area contributed by atoms with Crippen molar-refractivity contribution in [2.24, 2.45) is 0 Å². The number of aliphatic hydroxyl groups excluding tert-OH is 1. The molecule has 0 aliphatic carbocycles. The molecule has 0 radical (unpaired) electrons. The third-order valence-corrected chi connectivity index (χ3v) is 2.60. The third kappa shape index (κ3) is 3.21. The highest BCUT2D eigenvalue weighted by molar-refractivity contribution is 5.31. The first-order valence-electron chi connectivity index (χ1n) is 5.73. The molecule has 2 N–H and O–H groups in total. The van der Waals surface area contributed by atoms with E-state index in [2.05, 4.69) is 4.98 Å². The summed E-state index contributed by atoms with van der Waals surface area (Å²) in [5.74, 6) is 0.559. The predicted octanol–water partition coefficient (Wildman–Crippen LogP) is 1.94. The fourth-order valence-electron chi connectivity index (χ4n) is 1.62. The molecule has 0 amide bonds. The van der Waals surface area contributed by atoms with Gasteiger partial charge in [0.1, 0.15) is 11.5 Å². The summed E-state index contributed by atoms with van der Waals surface area (Å²) in [5.41, 5.74) is 0.792. The molecule has 0 spiro atoms. The molecule has 0 saturated heterocycles. The SMILES string of the molecule is OCC(COc1cccc(O)c1)c1ccccn1. The molecule has 2 rings (SSSR count). The molecule has 1 unspecified atom stereocenters. The van der Waals surface area contributed by atoms with Crippen LogP contribution in [0.15, 0.2) is 48.7 Å². The molecule has 1 aromatic heterocycles. The van der Waals surface area contributed by atoms with E-state index in [1.54, 1.807) is 24.4 Å². The Balaban J connectivity index is 2.00. The van der Waals surface area contributed by atoms with Gasteiger partial charge in [-0.15, -0.1) is 0 Å². The van der Waals surface area contributed by atoms with Gasteiger partial charge in [-0.1, -0.05) is 12.1 Å². The third-order valence-electron chi connectivity index (χ3n) is 2.60. The van der Waals surface area contributed by atoms with Crippen LogP contribution in [-0.4, -0.2) is 28.4 Å². The average molecular weight is 245 g/mol. The second-order valence-electron chi connectivity index (χ2n) is 3.94. The standard InChI is InChI=1S/C14H15NO3/c16-9-11(14-6-1-2-7-15-14)10-18-13-5-3-4-12(17)8-13/h1-8,11,16-17H,9-10H2. The van der Waals surface area contributed by atoms with Crippen molar-refractivity contribution in [3.8, 4) is 11.5 Å². The van der Waals surface area contributed by atoms with Crippen LogP contribution in [0.25, 0.3) is 0 Å². The minimum atomic E-state index is -0.173. The van der Waals surface area contributed by atoms with Crippen molar-refractivity contribution < 1.29 is 14.9 Å². The van der Waals surface area contributed by atoms with Gasteiger partial charge >= 0.3 is 0 Å². The lowest BCUT2D eigenvalue weighted by Gasteiger charge is -2.14. The zero-order valence-electron chi connectivity index (χ0n) is 9.86. The smallest absolute Gasteiger partial charge is 0.123 e. The normalized spacial score (nSPS) is 12.1. The van der Waals surface area contributed by atoms with Gasteiger partial charge < -0.3 is 14.9 Å². The second-order valence-corrected chi connectivity index (χ2v) is 3.94. The van der Waals surface area contributed by atoms with E-state index in [-0.39, 0.29) is 18.3 Å². The Kier molecular flexibility index (Phi) is 4.15. The molecular formula is C14H15NO3. The van der Waals surface area contributed by atoms with Gasteiger partial charge in [-0.05, 0) is 24.3 Å². The van der Waals surface area contributed by atoms with Crippen molar-refractivity contribution in [2.45, 2.75) is 5.92 Å². The molecule has 1 atom stereocenters. The number of phenolic OH excluding ortho intramolecular Hbond substituents is 1. The molecule has 0 aliphatic rings. The number of hydrogen-bond donors (Lipinski definition) is 2. The summed E-state index contributed by atoms with van der Waals surface area (Å²) in [6.07, 6.45) is 1.69. The van der Waals surface area contributed by atoms with Gasteiger partial charge in [0, 0.05) is 18.0 Å². The first-order chi connectivity index (χ1) is 8.79. The monoisotopic (exact) mass is 245 g/mol. The van der Waals surface area contributed by atoms with Crippen molar-refractivity contribution in [1.29, 1.82) is 0 Å². The van der Waals surface area contributed by atoms with Crippen LogP contribution in [0.3, 0.4) is 0 Å². The molecule has 94 valence electrons. The van der Waals surface area contributed by atoms with Gasteiger partial charge in [-0.3, -0.25) is 4.98 Å². The minimum absolute atomic E-state index is 0.0319. The first-order valence-corrected chi connectivity index (χ1v) is 5.73. The number of nitrogens with zero attached hydrogens (tertiary/aromatic N) is 1. The van der Waals surface area contributed by atoms with Crippen LogP contribution in [0.5, 0.6) is 11.5 Å². The van der Waals surface area contributed by atoms with Crippen LogP contribution >= 0.6 is 0 Å². The maximum absolute atomic E-state index is 9.34. The number of aromatic nitrogens is 1. The maximum Gasteiger partial charge on any atom is 0.123 e. The van der Waals surface area contributed by atoms with Crippen molar-refractivity contribution in [3.63, 3.8) is 0 Å². The molecule has 0 saturated carbocycles. The van der Waals surface area contributed by atoms with Crippen molar-refractivity contribution >= 4 is 0 Å². The Hall–Kier alpha value is -2.07. The van der Waals surface area contributed by atoms with Gasteiger partial charge in [0.15, 0.2) is 0 Å². The van der Waals surface area contributed by atoms with Crippen molar-refractivity contribution in [2.75, 3.05) is 13.2 Å². The molecule has 1 aromatic carbocycles. The summed E-state index contributed by atoms with van der Waals surface area (Å²) in [5, 5.41) is 18.7. The fraction of sp³-hybridized carbons (Fsp3) is 0.214. The summed E-state index contributed by atoms with van der Waals surface area (Å²) >= 11 is 0. The fourth-order valence-corrected chi connectivity index (χ4v) is 1.62. The topological polar surface area (TPSA) is 62.6 Å². The van der Waals surface area contributed by atoms with Crippen molar-refractivity contribution in [1.82, 2.24) is 4.98 Å². The molecule has 0 bridgehead atoms. The zero-order chi connectivity index (χ0) is 12.8. The van der Waals surface area contributed by atoms with Crippen LogP contribution in [0.1, 0.15) is 11.6 Å². The van der Waals surface area contributed by atoms with E-state index in [0.717, 1.165) is 5.69 Å². The minimum Gasteiger partial charge on any atom is -0.508 e. The summed E-state index contributed by atoms with van der Waals surface area (Å²) < 4.78 is 5.53. The predicted molar refractivity (Wildman–Crippen MR) is 67.7 cm³/mol. The highest BCUT2D eigenvalue weighted by atomic mass is 16.5. The van der Waals surface area contributed by atoms with Crippen LogP contribution in [-0.2, 0) is 0 Å². The van der Waals surface area contributed by atoms with E-state index in [1.807, 2.05) is 18.2 Å².